The zero-order chi connectivity index (χ0) is 15.0. The first-order valence-electron chi connectivity index (χ1n) is 5.53. The third-order valence-corrected chi connectivity index (χ3v) is 2.95. The number of nitrogens with one attached hydrogen (secondary N) is 1. The first-order chi connectivity index (χ1) is 10.0. The van der Waals surface area contributed by atoms with Gasteiger partial charge < -0.3 is 9.72 Å². The molecule has 0 radical (unpaired) electrons. The molecule has 1 aromatic carbocycles. The van der Waals surface area contributed by atoms with Crippen LogP contribution in [0.25, 0.3) is 11.2 Å². The highest BCUT2D eigenvalue weighted by Gasteiger charge is 2.19. The van der Waals surface area contributed by atoms with Crippen LogP contribution in [0.1, 0.15) is 0 Å². The van der Waals surface area contributed by atoms with Gasteiger partial charge >= 0.3 is 5.69 Å². The van der Waals surface area contributed by atoms with Gasteiger partial charge in [0.15, 0.2) is 5.65 Å². The summed E-state index contributed by atoms with van der Waals surface area (Å²) in [6.07, 6.45) is 1.38. The van der Waals surface area contributed by atoms with Crippen LogP contribution in [0, 0.1) is 10.1 Å². The van der Waals surface area contributed by atoms with E-state index in [1.54, 1.807) is 0 Å². The van der Waals surface area contributed by atoms with Gasteiger partial charge in [0.25, 0.3) is 0 Å². The summed E-state index contributed by atoms with van der Waals surface area (Å²) < 4.78 is 5.47. The minimum atomic E-state index is -0.585. The van der Waals surface area contributed by atoms with Crippen molar-refractivity contribution < 1.29 is 9.66 Å². The minimum absolute atomic E-state index is 0.0212. The standard InChI is InChI=1S/C11H5Cl2N5O3/c12-5-1-2-6(18(19)20)7(3-5)21-10-8-9(15-4-14-8)16-11(13)17-10/h1-4H,(H,14,15,16,17). The Balaban J connectivity index is 2.12. The number of nitro groups is 1. The van der Waals surface area contributed by atoms with Gasteiger partial charge in [0.05, 0.1) is 11.3 Å². The van der Waals surface area contributed by atoms with Crippen molar-refractivity contribution in [2.24, 2.45) is 0 Å². The van der Waals surface area contributed by atoms with Gasteiger partial charge in [-0.25, -0.2) is 4.98 Å². The van der Waals surface area contributed by atoms with Crippen molar-refractivity contribution in [2.45, 2.75) is 0 Å². The van der Waals surface area contributed by atoms with Gasteiger partial charge in [-0.3, -0.25) is 10.1 Å². The number of rotatable bonds is 3. The van der Waals surface area contributed by atoms with E-state index in [4.69, 9.17) is 27.9 Å². The number of halogens is 2. The molecule has 0 bridgehead atoms. The van der Waals surface area contributed by atoms with Crippen molar-refractivity contribution in [1.29, 1.82) is 0 Å². The molecule has 1 N–H and O–H groups in total. The number of ether oxygens (including phenoxy) is 1. The molecule has 0 amide bonds. The summed E-state index contributed by atoms with van der Waals surface area (Å²) in [6.45, 7) is 0. The molecule has 0 saturated heterocycles. The second-order valence-electron chi connectivity index (χ2n) is 3.87. The number of fused-ring (bicyclic) bond motifs is 1. The highest BCUT2D eigenvalue weighted by atomic mass is 35.5. The fourth-order valence-electron chi connectivity index (χ4n) is 1.68. The van der Waals surface area contributed by atoms with Crippen molar-refractivity contribution >= 4 is 40.1 Å². The van der Waals surface area contributed by atoms with Gasteiger partial charge in [0.1, 0.15) is 5.52 Å². The first-order valence-corrected chi connectivity index (χ1v) is 6.28. The maximum Gasteiger partial charge on any atom is 0.311 e. The smallest absolute Gasteiger partial charge is 0.311 e. The molecule has 0 saturated carbocycles. The van der Waals surface area contributed by atoms with Crippen molar-refractivity contribution in [3.63, 3.8) is 0 Å². The highest BCUT2D eigenvalue weighted by Crippen LogP contribution is 2.35. The predicted molar refractivity (Wildman–Crippen MR) is 74.9 cm³/mol. The molecule has 3 aromatic rings. The van der Waals surface area contributed by atoms with Crippen molar-refractivity contribution in [1.82, 2.24) is 19.9 Å². The third-order valence-electron chi connectivity index (χ3n) is 2.55. The number of aromatic amines is 1. The van der Waals surface area contributed by atoms with Gasteiger partial charge in [-0.1, -0.05) is 11.6 Å². The molecule has 0 aliphatic rings. The molecule has 2 heterocycles. The van der Waals surface area contributed by atoms with Crippen LogP contribution in [0.2, 0.25) is 10.3 Å². The summed E-state index contributed by atoms with van der Waals surface area (Å²) in [7, 11) is 0. The molecule has 0 fully saturated rings. The molecule has 0 unspecified atom stereocenters. The molecule has 0 spiro atoms. The van der Waals surface area contributed by atoms with Gasteiger partial charge in [-0.05, 0) is 17.7 Å². The first kappa shape index (κ1) is 13.5. The Labute approximate surface area is 126 Å². The molecular formula is C11H5Cl2N5O3. The monoisotopic (exact) mass is 325 g/mol. The van der Waals surface area contributed by atoms with Crippen LogP contribution in [0.5, 0.6) is 11.6 Å². The van der Waals surface area contributed by atoms with E-state index in [0.29, 0.717) is 5.52 Å². The number of nitro benzene ring substituents is 1. The number of imidazole rings is 1. The number of H-pyrrole nitrogens is 1. The van der Waals surface area contributed by atoms with Crippen LogP contribution in [-0.2, 0) is 0 Å². The average molecular weight is 326 g/mol. The minimum Gasteiger partial charge on any atom is -0.429 e. The maximum atomic E-state index is 11.0. The Morgan fingerprint density at radius 3 is 2.86 bits per heavy atom. The van der Waals surface area contributed by atoms with Crippen LogP contribution in [0.3, 0.4) is 0 Å². The second-order valence-corrected chi connectivity index (χ2v) is 4.64. The lowest BCUT2D eigenvalue weighted by Crippen LogP contribution is -1.96. The second kappa shape index (κ2) is 5.15. The van der Waals surface area contributed by atoms with E-state index in [0.717, 1.165) is 0 Å². The summed E-state index contributed by atoms with van der Waals surface area (Å²) in [6, 6.07) is 3.95. The molecule has 0 aliphatic carbocycles. The number of benzene rings is 1. The molecule has 10 heteroatoms. The summed E-state index contributed by atoms with van der Waals surface area (Å²) in [5, 5.41) is 11.2. The van der Waals surface area contributed by atoms with E-state index < -0.39 is 4.92 Å². The van der Waals surface area contributed by atoms with E-state index in [2.05, 4.69) is 19.9 Å². The SMILES string of the molecule is O=[N+]([O-])c1ccc(Cl)cc1Oc1nc(Cl)nc2nc[nH]c12. The van der Waals surface area contributed by atoms with Gasteiger partial charge in [-0.2, -0.15) is 9.97 Å². The van der Waals surface area contributed by atoms with Gasteiger partial charge in [-0.15, -0.1) is 0 Å². The fraction of sp³-hybridized carbons (Fsp3) is 0. The average Bonchev–Trinajstić information content (AvgIpc) is 2.86. The molecule has 106 valence electrons. The fourth-order valence-corrected chi connectivity index (χ4v) is 2.00. The summed E-state index contributed by atoms with van der Waals surface area (Å²) in [5.41, 5.74) is 0.408. The summed E-state index contributed by atoms with van der Waals surface area (Å²) in [4.78, 5) is 24.9. The quantitative estimate of drug-likeness (QED) is 0.449. The number of nitrogens with zero attached hydrogens (tertiary/aromatic N) is 4. The Kier molecular flexibility index (Phi) is 3.32. The normalized spacial score (nSPS) is 10.8. The van der Waals surface area contributed by atoms with E-state index in [9.17, 15) is 10.1 Å². The number of hydrogen-bond donors (Lipinski definition) is 1. The molecule has 0 aliphatic heterocycles. The molecule has 0 atom stereocenters. The molecule has 21 heavy (non-hydrogen) atoms. The lowest BCUT2D eigenvalue weighted by molar-refractivity contribution is -0.385. The van der Waals surface area contributed by atoms with Crippen LogP contribution in [0.15, 0.2) is 24.5 Å². The van der Waals surface area contributed by atoms with Crippen molar-refractivity contribution in [3.8, 4) is 11.6 Å². The van der Waals surface area contributed by atoms with E-state index >= 15 is 0 Å². The van der Waals surface area contributed by atoms with Crippen molar-refractivity contribution in [3.05, 3.63) is 44.9 Å². The lowest BCUT2D eigenvalue weighted by atomic mass is 10.3. The Morgan fingerprint density at radius 1 is 1.29 bits per heavy atom. The van der Waals surface area contributed by atoms with Gasteiger partial charge in [0, 0.05) is 17.2 Å². The zero-order valence-corrected chi connectivity index (χ0v) is 11.6. The zero-order valence-electron chi connectivity index (χ0n) is 10.1. The lowest BCUT2D eigenvalue weighted by Gasteiger charge is -2.06. The topological polar surface area (TPSA) is 107 Å². The summed E-state index contributed by atoms with van der Waals surface area (Å²) in [5.74, 6) is -0.0361. The van der Waals surface area contributed by atoms with E-state index in [1.165, 1.54) is 24.5 Å². The highest BCUT2D eigenvalue weighted by molar-refractivity contribution is 6.30. The van der Waals surface area contributed by atoms with Crippen LogP contribution < -0.4 is 4.74 Å². The van der Waals surface area contributed by atoms with Gasteiger partial charge in [0.2, 0.25) is 16.9 Å². The van der Waals surface area contributed by atoms with Crippen LogP contribution >= 0.6 is 23.2 Å². The predicted octanol–water partition coefficient (Wildman–Crippen LogP) is 3.36. The maximum absolute atomic E-state index is 11.0. The molecular weight excluding hydrogens is 321 g/mol. The Morgan fingerprint density at radius 2 is 2.10 bits per heavy atom. The Hall–Kier alpha value is -2.45. The van der Waals surface area contributed by atoms with Crippen molar-refractivity contribution in [2.75, 3.05) is 0 Å². The number of aromatic nitrogens is 4. The Bertz CT molecular complexity index is 851. The molecule has 2 aromatic heterocycles. The number of hydrogen-bond acceptors (Lipinski definition) is 6. The third kappa shape index (κ3) is 2.58. The molecule has 8 nitrogen and oxygen atoms in total. The van der Waals surface area contributed by atoms with E-state index in [1.807, 2.05) is 0 Å². The van der Waals surface area contributed by atoms with E-state index in [-0.39, 0.29) is 33.3 Å². The summed E-state index contributed by atoms with van der Waals surface area (Å²) >= 11 is 11.6. The molecule has 3 rings (SSSR count). The van der Waals surface area contributed by atoms with Crippen LogP contribution in [0.4, 0.5) is 5.69 Å². The van der Waals surface area contributed by atoms with Crippen LogP contribution in [-0.4, -0.2) is 24.9 Å². The largest absolute Gasteiger partial charge is 0.429 e.